The molecule has 1 aromatic rings. The summed E-state index contributed by atoms with van der Waals surface area (Å²) in [5.74, 6) is -0.821. The van der Waals surface area contributed by atoms with Gasteiger partial charge in [0, 0.05) is 13.7 Å². The highest BCUT2D eigenvalue weighted by molar-refractivity contribution is 5.80. The highest BCUT2D eigenvalue weighted by Crippen LogP contribution is 2.27. The van der Waals surface area contributed by atoms with Crippen LogP contribution in [0.2, 0.25) is 0 Å². The summed E-state index contributed by atoms with van der Waals surface area (Å²) >= 11 is 0. The second-order valence-electron chi connectivity index (χ2n) is 4.03. The predicted octanol–water partition coefficient (Wildman–Crippen LogP) is 1.32. The van der Waals surface area contributed by atoms with Gasteiger partial charge < -0.3 is 14.9 Å². The summed E-state index contributed by atoms with van der Waals surface area (Å²) in [5.41, 5.74) is -0.530. The minimum Gasteiger partial charge on any atom is -0.508 e. The Bertz CT molecular complexity index is 390. The zero-order chi connectivity index (χ0) is 13.6. The lowest BCUT2D eigenvalue weighted by Crippen LogP contribution is -2.49. The number of aliphatic carboxylic acids is 1. The maximum Gasteiger partial charge on any atom is 0.328 e. The van der Waals surface area contributed by atoms with Gasteiger partial charge in [0.2, 0.25) is 0 Å². The van der Waals surface area contributed by atoms with E-state index < -0.39 is 11.5 Å². The molecule has 3 N–H and O–H groups in total. The first-order valence-corrected chi connectivity index (χ1v) is 5.83. The lowest BCUT2D eigenvalue weighted by Gasteiger charge is -2.30. The summed E-state index contributed by atoms with van der Waals surface area (Å²) in [6, 6.07) is 6.21. The number of carbonyl (C=O) groups is 1. The Balaban J connectivity index is 3.02. The highest BCUT2D eigenvalue weighted by atomic mass is 16.5. The highest BCUT2D eigenvalue weighted by Gasteiger charge is 2.37. The monoisotopic (exact) mass is 253 g/mol. The van der Waals surface area contributed by atoms with E-state index in [0.29, 0.717) is 25.1 Å². The van der Waals surface area contributed by atoms with Crippen molar-refractivity contribution in [3.05, 3.63) is 29.8 Å². The van der Waals surface area contributed by atoms with Crippen LogP contribution in [0.5, 0.6) is 5.75 Å². The molecule has 0 heterocycles. The summed E-state index contributed by atoms with van der Waals surface area (Å²) in [4.78, 5) is 11.6. The Morgan fingerprint density at radius 3 is 2.44 bits per heavy atom. The number of phenols is 1. The lowest BCUT2D eigenvalue weighted by molar-refractivity contribution is -0.145. The van der Waals surface area contributed by atoms with E-state index in [1.807, 2.05) is 0 Å². The molecular formula is C13H19NO4. The molecule has 0 amide bonds. The molecule has 0 saturated heterocycles. The van der Waals surface area contributed by atoms with Crippen LogP contribution in [0, 0.1) is 0 Å². The number of rotatable bonds is 7. The van der Waals surface area contributed by atoms with Gasteiger partial charge in [-0.05, 0) is 24.1 Å². The SMILES string of the molecule is CCC(NCCOC)(C(=O)O)c1ccc(O)cc1. The van der Waals surface area contributed by atoms with Crippen LogP contribution in [0.3, 0.4) is 0 Å². The van der Waals surface area contributed by atoms with Gasteiger partial charge in [-0.3, -0.25) is 5.32 Å². The summed E-state index contributed by atoms with van der Waals surface area (Å²) < 4.78 is 4.92. The van der Waals surface area contributed by atoms with Crippen LogP contribution in [0.1, 0.15) is 18.9 Å². The van der Waals surface area contributed by atoms with E-state index in [0.717, 1.165) is 0 Å². The van der Waals surface area contributed by atoms with Crippen LogP contribution in [0.15, 0.2) is 24.3 Å². The molecule has 1 unspecified atom stereocenters. The number of phenolic OH excluding ortho intramolecular Hbond substituents is 1. The molecule has 0 spiro atoms. The zero-order valence-electron chi connectivity index (χ0n) is 10.6. The predicted molar refractivity (Wildman–Crippen MR) is 67.6 cm³/mol. The van der Waals surface area contributed by atoms with Crippen LogP contribution >= 0.6 is 0 Å². The van der Waals surface area contributed by atoms with Gasteiger partial charge in [-0.15, -0.1) is 0 Å². The second-order valence-corrected chi connectivity index (χ2v) is 4.03. The van der Waals surface area contributed by atoms with Crippen molar-refractivity contribution in [3.8, 4) is 5.75 Å². The van der Waals surface area contributed by atoms with Crippen molar-refractivity contribution in [1.82, 2.24) is 5.32 Å². The molecule has 0 radical (unpaired) electrons. The molecule has 0 aliphatic heterocycles. The molecule has 1 atom stereocenters. The molecule has 0 aromatic heterocycles. The molecule has 100 valence electrons. The van der Waals surface area contributed by atoms with Crippen molar-refractivity contribution in [2.75, 3.05) is 20.3 Å². The number of nitrogens with one attached hydrogen (secondary N) is 1. The molecule has 5 nitrogen and oxygen atoms in total. The van der Waals surface area contributed by atoms with Crippen molar-refractivity contribution in [2.24, 2.45) is 0 Å². The fourth-order valence-corrected chi connectivity index (χ4v) is 1.89. The van der Waals surface area contributed by atoms with E-state index in [-0.39, 0.29) is 5.75 Å². The maximum absolute atomic E-state index is 11.6. The minimum absolute atomic E-state index is 0.117. The summed E-state index contributed by atoms with van der Waals surface area (Å²) in [6.07, 6.45) is 0.400. The number of carboxylic acid groups (broad SMARTS) is 1. The average molecular weight is 253 g/mol. The van der Waals surface area contributed by atoms with Crippen LogP contribution in [0.4, 0.5) is 0 Å². The van der Waals surface area contributed by atoms with E-state index in [4.69, 9.17) is 4.74 Å². The largest absolute Gasteiger partial charge is 0.508 e. The van der Waals surface area contributed by atoms with Crippen LogP contribution in [-0.4, -0.2) is 36.4 Å². The Labute approximate surface area is 106 Å². The van der Waals surface area contributed by atoms with Crippen LogP contribution in [0.25, 0.3) is 0 Å². The molecular weight excluding hydrogens is 234 g/mol. The molecule has 5 heteroatoms. The Morgan fingerprint density at radius 1 is 1.39 bits per heavy atom. The van der Waals surface area contributed by atoms with Crippen molar-refractivity contribution in [1.29, 1.82) is 0 Å². The van der Waals surface area contributed by atoms with E-state index in [9.17, 15) is 15.0 Å². The molecule has 1 aromatic carbocycles. The number of benzene rings is 1. The lowest BCUT2D eigenvalue weighted by atomic mass is 9.87. The number of aromatic hydroxyl groups is 1. The Hall–Kier alpha value is -1.59. The van der Waals surface area contributed by atoms with Gasteiger partial charge in [-0.1, -0.05) is 19.1 Å². The topological polar surface area (TPSA) is 78.8 Å². The first-order chi connectivity index (χ1) is 8.56. The van der Waals surface area contributed by atoms with Crippen molar-refractivity contribution in [3.63, 3.8) is 0 Å². The normalized spacial score (nSPS) is 14.1. The van der Waals surface area contributed by atoms with E-state index in [1.165, 1.54) is 12.1 Å². The number of carboxylic acids is 1. The van der Waals surface area contributed by atoms with E-state index in [1.54, 1.807) is 26.2 Å². The van der Waals surface area contributed by atoms with Gasteiger partial charge in [0.15, 0.2) is 0 Å². The molecule has 0 saturated carbocycles. The zero-order valence-corrected chi connectivity index (χ0v) is 10.6. The summed E-state index contributed by atoms with van der Waals surface area (Å²) in [7, 11) is 1.57. The average Bonchev–Trinajstić information content (AvgIpc) is 2.36. The third-order valence-electron chi connectivity index (χ3n) is 2.99. The summed E-state index contributed by atoms with van der Waals surface area (Å²) in [6.45, 7) is 2.69. The minimum atomic E-state index is -1.15. The van der Waals surface area contributed by atoms with Gasteiger partial charge in [0.1, 0.15) is 11.3 Å². The molecule has 0 fully saturated rings. The molecule has 0 aliphatic rings. The van der Waals surface area contributed by atoms with Crippen molar-refractivity contribution < 1.29 is 19.7 Å². The fourth-order valence-electron chi connectivity index (χ4n) is 1.89. The van der Waals surface area contributed by atoms with Crippen molar-refractivity contribution in [2.45, 2.75) is 18.9 Å². The number of hydrogen-bond acceptors (Lipinski definition) is 4. The molecule has 0 bridgehead atoms. The Kier molecular flexibility index (Phi) is 5.12. The maximum atomic E-state index is 11.6. The summed E-state index contributed by atoms with van der Waals surface area (Å²) in [5, 5.41) is 21.8. The molecule has 1 rings (SSSR count). The van der Waals surface area contributed by atoms with Gasteiger partial charge in [-0.2, -0.15) is 0 Å². The molecule has 18 heavy (non-hydrogen) atoms. The number of methoxy groups -OCH3 is 1. The standard InChI is InChI=1S/C13H19NO4/c1-3-13(12(16)17,14-8-9-18-2)10-4-6-11(15)7-5-10/h4-7,14-15H,3,8-9H2,1-2H3,(H,16,17). The molecule has 0 aliphatic carbocycles. The quantitative estimate of drug-likeness (QED) is 0.639. The second kappa shape index (κ2) is 6.37. The van der Waals surface area contributed by atoms with Crippen LogP contribution < -0.4 is 5.32 Å². The Morgan fingerprint density at radius 2 is 2.00 bits per heavy atom. The third kappa shape index (κ3) is 3.00. The van der Waals surface area contributed by atoms with Gasteiger partial charge in [0.05, 0.1) is 6.61 Å². The first kappa shape index (κ1) is 14.5. The van der Waals surface area contributed by atoms with Crippen LogP contribution in [-0.2, 0) is 15.1 Å². The van der Waals surface area contributed by atoms with Crippen molar-refractivity contribution >= 4 is 5.97 Å². The smallest absolute Gasteiger partial charge is 0.328 e. The first-order valence-electron chi connectivity index (χ1n) is 5.83. The third-order valence-corrected chi connectivity index (χ3v) is 2.99. The fraction of sp³-hybridized carbons (Fsp3) is 0.462. The van der Waals surface area contributed by atoms with Gasteiger partial charge in [-0.25, -0.2) is 4.79 Å². The van der Waals surface area contributed by atoms with Gasteiger partial charge in [0.25, 0.3) is 0 Å². The number of hydrogen-bond donors (Lipinski definition) is 3. The van der Waals surface area contributed by atoms with E-state index >= 15 is 0 Å². The number of ether oxygens (including phenoxy) is 1. The van der Waals surface area contributed by atoms with Gasteiger partial charge >= 0.3 is 5.97 Å². The van der Waals surface area contributed by atoms with E-state index in [2.05, 4.69) is 5.32 Å².